The molecule has 106 valence electrons. The van der Waals surface area contributed by atoms with E-state index in [0.717, 1.165) is 15.6 Å². The van der Waals surface area contributed by atoms with Crippen LogP contribution in [0.1, 0.15) is 15.2 Å². The van der Waals surface area contributed by atoms with Crippen molar-refractivity contribution in [2.45, 2.75) is 6.54 Å². The smallest absolute Gasteiger partial charge is 0.263 e. The SMILES string of the molecule is O=C(NCc1ccc(Cl)cc1)c1sc2ccccc2c1Cl. The summed E-state index contributed by atoms with van der Waals surface area (Å²) in [6.07, 6.45) is 0. The Morgan fingerprint density at radius 2 is 1.76 bits per heavy atom. The van der Waals surface area contributed by atoms with Crippen LogP contribution in [-0.2, 0) is 6.54 Å². The third kappa shape index (κ3) is 3.05. The number of nitrogens with one attached hydrogen (secondary N) is 1. The standard InChI is InChI=1S/C16H11Cl2NOS/c17-11-7-5-10(6-8-11)9-19-16(20)15-14(18)12-3-1-2-4-13(12)21-15/h1-8H,9H2,(H,19,20). The Balaban J connectivity index is 1.78. The van der Waals surface area contributed by atoms with Crippen LogP contribution in [0.5, 0.6) is 0 Å². The number of thiophene rings is 1. The number of fused-ring (bicyclic) bond motifs is 1. The molecule has 0 radical (unpaired) electrons. The van der Waals surface area contributed by atoms with E-state index in [4.69, 9.17) is 23.2 Å². The molecule has 0 saturated carbocycles. The number of hydrogen-bond acceptors (Lipinski definition) is 2. The van der Waals surface area contributed by atoms with Crippen molar-refractivity contribution in [3.63, 3.8) is 0 Å². The maximum Gasteiger partial charge on any atom is 0.263 e. The van der Waals surface area contributed by atoms with E-state index in [1.165, 1.54) is 11.3 Å². The van der Waals surface area contributed by atoms with E-state index >= 15 is 0 Å². The number of halogens is 2. The molecular weight excluding hydrogens is 325 g/mol. The van der Waals surface area contributed by atoms with Gasteiger partial charge in [-0.3, -0.25) is 4.79 Å². The number of benzene rings is 2. The highest BCUT2D eigenvalue weighted by atomic mass is 35.5. The summed E-state index contributed by atoms with van der Waals surface area (Å²) in [5.41, 5.74) is 0.991. The third-order valence-corrected chi connectivity index (χ3v) is 5.03. The largest absolute Gasteiger partial charge is 0.347 e. The van der Waals surface area contributed by atoms with Crippen LogP contribution in [0.4, 0.5) is 0 Å². The van der Waals surface area contributed by atoms with Crippen LogP contribution < -0.4 is 5.32 Å². The minimum absolute atomic E-state index is 0.156. The van der Waals surface area contributed by atoms with E-state index in [2.05, 4.69) is 5.32 Å². The van der Waals surface area contributed by atoms with Crippen molar-refractivity contribution in [2.75, 3.05) is 0 Å². The van der Waals surface area contributed by atoms with Crippen LogP contribution in [0.25, 0.3) is 10.1 Å². The molecule has 0 atom stereocenters. The second-order valence-corrected chi connectivity index (χ2v) is 6.42. The molecule has 0 fully saturated rings. The molecule has 5 heteroatoms. The van der Waals surface area contributed by atoms with Crippen molar-refractivity contribution in [1.29, 1.82) is 0 Å². The molecule has 1 N–H and O–H groups in total. The number of carbonyl (C=O) groups excluding carboxylic acids is 1. The zero-order valence-electron chi connectivity index (χ0n) is 10.9. The Kier molecular flexibility index (Phi) is 4.15. The summed E-state index contributed by atoms with van der Waals surface area (Å²) < 4.78 is 1.01. The molecule has 2 nitrogen and oxygen atoms in total. The molecule has 3 aromatic rings. The maximum atomic E-state index is 12.3. The van der Waals surface area contributed by atoms with E-state index < -0.39 is 0 Å². The molecule has 1 heterocycles. The zero-order valence-corrected chi connectivity index (χ0v) is 13.2. The molecule has 0 aliphatic carbocycles. The fourth-order valence-corrected chi connectivity index (χ4v) is 3.58. The first-order valence-corrected chi connectivity index (χ1v) is 7.92. The Morgan fingerprint density at radius 3 is 2.48 bits per heavy atom. The van der Waals surface area contributed by atoms with Crippen molar-refractivity contribution in [3.05, 3.63) is 69.0 Å². The molecular formula is C16H11Cl2NOS. The van der Waals surface area contributed by atoms with Crippen LogP contribution in [0.15, 0.2) is 48.5 Å². The number of rotatable bonds is 3. The molecule has 0 spiro atoms. The molecule has 1 amide bonds. The summed E-state index contributed by atoms with van der Waals surface area (Å²) in [7, 11) is 0. The van der Waals surface area contributed by atoms with Crippen LogP contribution in [0.2, 0.25) is 10.0 Å². The van der Waals surface area contributed by atoms with Gasteiger partial charge in [0.25, 0.3) is 5.91 Å². The van der Waals surface area contributed by atoms with E-state index in [1.54, 1.807) is 12.1 Å². The quantitative estimate of drug-likeness (QED) is 0.705. The van der Waals surface area contributed by atoms with Gasteiger partial charge in [0, 0.05) is 21.7 Å². The Morgan fingerprint density at radius 1 is 1.05 bits per heavy atom. The molecule has 21 heavy (non-hydrogen) atoms. The van der Waals surface area contributed by atoms with Gasteiger partial charge in [-0.15, -0.1) is 11.3 Å². The van der Waals surface area contributed by atoms with Crippen molar-refractivity contribution in [3.8, 4) is 0 Å². The molecule has 0 unspecified atom stereocenters. The minimum Gasteiger partial charge on any atom is -0.347 e. The monoisotopic (exact) mass is 335 g/mol. The van der Waals surface area contributed by atoms with E-state index in [1.807, 2.05) is 36.4 Å². The third-order valence-electron chi connectivity index (χ3n) is 3.11. The van der Waals surface area contributed by atoms with Gasteiger partial charge in [0.2, 0.25) is 0 Å². The van der Waals surface area contributed by atoms with Gasteiger partial charge >= 0.3 is 0 Å². The van der Waals surface area contributed by atoms with Gasteiger partial charge < -0.3 is 5.32 Å². The Labute approximate surface area is 136 Å². The first-order chi connectivity index (χ1) is 10.1. The van der Waals surface area contributed by atoms with E-state index in [-0.39, 0.29) is 5.91 Å². The first kappa shape index (κ1) is 14.4. The summed E-state index contributed by atoms with van der Waals surface area (Å²) in [6.45, 7) is 0.445. The van der Waals surface area contributed by atoms with Gasteiger partial charge in [-0.25, -0.2) is 0 Å². The van der Waals surface area contributed by atoms with Gasteiger partial charge in [-0.1, -0.05) is 53.5 Å². The second-order valence-electron chi connectivity index (χ2n) is 4.55. The summed E-state index contributed by atoms with van der Waals surface area (Å²) >= 11 is 13.5. The predicted molar refractivity (Wildman–Crippen MR) is 89.5 cm³/mol. The molecule has 0 bridgehead atoms. The average Bonchev–Trinajstić information content (AvgIpc) is 2.84. The van der Waals surface area contributed by atoms with Gasteiger partial charge in [-0.05, 0) is 23.8 Å². The van der Waals surface area contributed by atoms with Crippen LogP contribution in [-0.4, -0.2) is 5.91 Å². The molecule has 0 aliphatic heterocycles. The molecule has 0 aliphatic rings. The van der Waals surface area contributed by atoms with E-state index in [0.29, 0.717) is 21.5 Å². The lowest BCUT2D eigenvalue weighted by molar-refractivity contribution is 0.0955. The predicted octanol–water partition coefficient (Wildman–Crippen LogP) is 5.14. The highest BCUT2D eigenvalue weighted by Gasteiger charge is 2.16. The van der Waals surface area contributed by atoms with Crippen molar-refractivity contribution in [2.24, 2.45) is 0 Å². The van der Waals surface area contributed by atoms with Crippen LogP contribution >= 0.6 is 34.5 Å². The second kappa shape index (κ2) is 6.06. The minimum atomic E-state index is -0.156. The van der Waals surface area contributed by atoms with Crippen LogP contribution in [0.3, 0.4) is 0 Å². The normalized spacial score (nSPS) is 10.8. The lowest BCUT2D eigenvalue weighted by Gasteiger charge is -2.04. The van der Waals surface area contributed by atoms with Gasteiger partial charge in [-0.2, -0.15) is 0 Å². The van der Waals surface area contributed by atoms with Crippen molar-refractivity contribution < 1.29 is 4.79 Å². The fourth-order valence-electron chi connectivity index (χ4n) is 2.02. The van der Waals surface area contributed by atoms with Crippen LogP contribution in [0, 0.1) is 0 Å². The summed E-state index contributed by atoms with van der Waals surface area (Å²) in [4.78, 5) is 12.8. The number of carbonyl (C=O) groups is 1. The van der Waals surface area contributed by atoms with Crippen molar-refractivity contribution in [1.82, 2.24) is 5.32 Å². The van der Waals surface area contributed by atoms with Gasteiger partial charge in [0.15, 0.2) is 0 Å². The van der Waals surface area contributed by atoms with Gasteiger partial charge in [0.1, 0.15) is 4.88 Å². The summed E-state index contributed by atoms with van der Waals surface area (Å²) in [5.74, 6) is -0.156. The van der Waals surface area contributed by atoms with Crippen molar-refractivity contribution >= 4 is 50.5 Å². The lowest BCUT2D eigenvalue weighted by atomic mass is 10.2. The molecule has 3 rings (SSSR count). The van der Waals surface area contributed by atoms with Gasteiger partial charge in [0.05, 0.1) is 5.02 Å². The zero-order chi connectivity index (χ0) is 14.8. The maximum absolute atomic E-state index is 12.3. The highest BCUT2D eigenvalue weighted by molar-refractivity contribution is 7.21. The molecule has 2 aromatic carbocycles. The molecule has 0 saturated heterocycles. The summed E-state index contributed by atoms with van der Waals surface area (Å²) in [5, 5.41) is 4.99. The fraction of sp³-hybridized carbons (Fsp3) is 0.0625. The number of hydrogen-bond donors (Lipinski definition) is 1. The highest BCUT2D eigenvalue weighted by Crippen LogP contribution is 2.34. The number of amides is 1. The average molecular weight is 336 g/mol. The lowest BCUT2D eigenvalue weighted by Crippen LogP contribution is -2.22. The Hall–Kier alpha value is -1.55. The topological polar surface area (TPSA) is 29.1 Å². The van der Waals surface area contributed by atoms with E-state index in [9.17, 15) is 4.79 Å². The summed E-state index contributed by atoms with van der Waals surface area (Å²) in [6, 6.07) is 15.1. The molecule has 1 aromatic heterocycles. The Bertz CT molecular complexity index is 796. The first-order valence-electron chi connectivity index (χ1n) is 6.35.